The number of rotatable bonds is 7. The summed E-state index contributed by atoms with van der Waals surface area (Å²) in [7, 11) is 0. The Morgan fingerprint density at radius 3 is 2.70 bits per heavy atom. The zero-order valence-corrected chi connectivity index (χ0v) is 14.0. The molecule has 0 aromatic carbocycles. The first kappa shape index (κ1) is 14.6. The van der Waals surface area contributed by atoms with Crippen molar-refractivity contribution < 1.29 is 0 Å². The Labute approximate surface area is 134 Å². The van der Waals surface area contributed by atoms with Gasteiger partial charge in [-0.25, -0.2) is 0 Å². The van der Waals surface area contributed by atoms with Crippen molar-refractivity contribution in [3.05, 3.63) is 43.7 Å². The molecular weight excluding hydrogens is 306 g/mol. The van der Waals surface area contributed by atoms with Gasteiger partial charge in [-0.15, -0.1) is 22.7 Å². The van der Waals surface area contributed by atoms with Crippen LogP contribution < -0.4 is 5.32 Å². The monoisotopic (exact) mass is 325 g/mol. The molecule has 1 aliphatic rings. The van der Waals surface area contributed by atoms with E-state index in [9.17, 15) is 0 Å². The van der Waals surface area contributed by atoms with Crippen LogP contribution in [-0.2, 0) is 0 Å². The van der Waals surface area contributed by atoms with Crippen LogP contribution in [0.1, 0.15) is 48.4 Å². The quantitative estimate of drug-likeness (QED) is 0.686. The first-order valence-corrected chi connectivity index (χ1v) is 9.38. The second-order valence-electron chi connectivity index (χ2n) is 5.54. The molecule has 2 atom stereocenters. The first-order chi connectivity index (χ1) is 9.76. The molecule has 0 saturated heterocycles. The third-order valence-corrected chi connectivity index (χ3v) is 6.15. The molecule has 2 aromatic heterocycles. The molecule has 1 nitrogen and oxygen atoms in total. The zero-order chi connectivity index (χ0) is 13.9. The van der Waals surface area contributed by atoms with Gasteiger partial charge in [-0.05, 0) is 42.3 Å². The molecular formula is C16H20ClNS2. The van der Waals surface area contributed by atoms with Crippen LogP contribution in [0.25, 0.3) is 0 Å². The van der Waals surface area contributed by atoms with Gasteiger partial charge in [0.25, 0.3) is 0 Å². The topological polar surface area (TPSA) is 12.0 Å². The summed E-state index contributed by atoms with van der Waals surface area (Å²) in [5.74, 6) is 0.961. The highest BCUT2D eigenvalue weighted by Gasteiger charge is 2.27. The van der Waals surface area contributed by atoms with E-state index in [0.717, 1.165) is 10.3 Å². The van der Waals surface area contributed by atoms with Crippen LogP contribution >= 0.6 is 34.3 Å². The fourth-order valence-corrected chi connectivity index (χ4v) is 4.61. The minimum atomic E-state index is 0.302. The summed E-state index contributed by atoms with van der Waals surface area (Å²) < 4.78 is 0.874. The Balaban J connectivity index is 1.77. The lowest BCUT2D eigenvalue weighted by molar-refractivity contribution is 0.421. The van der Waals surface area contributed by atoms with Crippen molar-refractivity contribution >= 4 is 34.3 Å². The third-order valence-electron chi connectivity index (χ3n) is 3.92. The second-order valence-corrected chi connectivity index (χ2v) is 8.27. The van der Waals surface area contributed by atoms with Crippen LogP contribution in [0.4, 0.5) is 0 Å². The number of thiophene rings is 2. The predicted molar refractivity (Wildman–Crippen MR) is 90.0 cm³/mol. The summed E-state index contributed by atoms with van der Waals surface area (Å²) in [5, 5.41) is 6.02. The van der Waals surface area contributed by atoms with Gasteiger partial charge in [0.05, 0.1) is 10.4 Å². The molecule has 0 amide bonds. The molecule has 108 valence electrons. The molecule has 1 N–H and O–H groups in total. The first-order valence-electron chi connectivity index (χ1n) is 7.31. The smallest absolute Gasteiger partial charge is 0.0931 e. The van der Waals surface area contributed by atoms with E-state index < -0.39 is 0 Å². The molecule has 2 heterocycles. The molecule has 2 unspecified atom stereocenters. The van der Waals surface area contributed by atoms with Gasteiger partial charge in [-0.3, -0.25) is 0 Å². The molecule has 0 radical (unpaired) electrons. The number of halogens is 1. The van der Waals surface area contributed by atoms with Crippen molar-refractivity contribution in [1.82, 2.24) is 5.32 Å². The molecule has 3 rings (SSSR count). The molecule has 2 aromatic rings. The number of nitrogens with one attached hydrogen (secondary N) is 1. The van der Waals surface area contributed by atoms with E-state index in [4.69, 9.17) is 11.6 Å². The van der Waals surface area contributed by atoms with Gasteiger partial charge in [0, 0.05) is 15.8 Å². The van der Waals surface area contributed by atoms with Crippen molar-refractivity contribution in [1.29, 1.82) is 0 Å². The summed E-state index contributed by atoms with van der Waals surface area (Å²) in [6.45, 7) is 2.28. The van der Waals surface area contributed by atoms with Crippen LogP contribution in [0.15, 0.2) is 29.6 Å². The lowest BCUT2D eigenvalue weighted by Gasteiger charge is -2.24. The van der Waals surface area contributed by atoms with E-state index in [1.54, 1.807) is 11.3 Å². The maximum absolute atomic E-state index is 6.12. The van der Waals surface area contributed by atoms with E-state index in [1.165, 1.54) is 35.4 Å². The van der Waals surface area contributed by atoms with Gasteiger partial charge in [0.15, 0.2) is 0 Å². The average molecular weight is 326 g/mol. The minimum Gasteiger partial charge on any atom is -0.302 e. The van der Waals surface area contributed by atoms with Crippen molar-refractivity contribution in [2.45, 2.75) is 44.7 Å². The van der Waals surface area contributed by atoms with Crippen molar-refractivity contribution in [3.63, 3.8) is 0 Å². The van der Waals surface area contributed by atoms with Crippen LogP contribution in [0.5, 0.6) is 0 Å². The zero-order valence-electron chi connectivity index (χ0n) is 11.6. The molecule has 0 bridgehead atoms. The van der Waals surface area contributed by atoms with E-state index in [0.29, 0.717) is 12.1 Å². The molecule has 20 heavy (non-hydrogen) atoms. The van der Waals surface area contributed by atoms with Crippen molar-refractivity contribution in [2.75, 3.05) is 0 Å². The van der Waals surface area contributed by atoms with E-state index >= 15 is 0 Å². The van der Waals surface area contributed by atoms with Crippen molar-refractivity contribution in [3.8, 4) is 0 Å². The standard InChI is InChI=1S/C16H20ClNS2/c1-2-12(10-11-5-6-11)18-16(13-4-3-9-19-13)14-7-8-15(17)20-14/h3-4,7-9,11-12,16,18H,2,5-6,10H2,1H3. The lowest BCUT2D eigenvalue weighted by Crippen LogP contribution is -2.32. The Morgan fingerprint density at radius 2 is 2.15 bits per heavy atom. The minimum absolute atomic E-state index is 0.302. The van der Waals surface area contributed by atoms with Crippen molar-refractivity contribution in [2.24, 2.45) is 5.92 Å². The van der Waals surface area contributed by atoms with Crippen LogP contribution in [-0.4, -0.2) is 6.04 Å². The van der Waals surface area contributed by atoms with E-state index in [2.05, 4.69) is 35.8 Å². The molecule has 4 heteroatoms. The fraction of sp³-hybridized carbons (Fsp3) is 0.500. The summed E-state index contributed by atoms with van der Waals surface area (Å²) in [6, 6.07) is 9.43. The molecule has 0 aliphatic heterocycles. The molecule has 1 fully saturated rings. The SMILES string of the molecule is CCC(CC1CC1)NC(c1cccs1)c1ccc(Cl)s1. The largest absolute Gasteiger partial charge is 0.302 e. The summed E-state index contributed by atoms with van der Waals surface area (Å²) in [6.07, 6.45) is 5.36. The Bertz CT molecular complexity index is 530. The van der Waals surface area contributed by atoms with Gasteiger partial charge in [0.2, 0.25) is 0 Å². The maximum Gasteiger partial charge on any atom is 0.0931 e. The predicted octanol–water partition coefficient (Wildman–Crippen LogP) is 5.72. The van der Waals surface area contributed by atoms with Gasteiger partial charge in [0.1, 0.15) is 0 Å². The Kier molecular flexibility index (Phi) is 4.82. The highest BCUT2D eigenvalue weighted by molar-refractivity contribution is 7.16. The summed E-state index contributed by atoms with van der Waals surface area (Å²) >= 11 is 9.64. The number of hydrogen-bond acceptors (Lipinski definition) is 3. The lowest BCUT2D eigenvalue weighted by atomic mass is 10.1. The normalized spacial score (nSPS) is 18.1. The van der Waals surface area contributed by atoms with Crippen LogP contribution in [0.3, 0.4) is 0 Å². The molecule has 1 aliphatic carbocycles. The van der Waals surface area contributed by atoms with Gasteiger partial charge < -0.3 is 5.32 Å². The molecule has 1 saturated carbocycles. The summed E-state index contributed by atoms with van der Waals surface area (Å²) in [4.78, 5) is 2.71. The van der Waals surface area contributed by atoms with Gasteiger partial charge in [-0.2, -0.15) is 0 Å². The Hall–Kier alpha value is -0.350. The Morgan fingerprint density at radius 1 is 1.30 bits per heavy atom. The van der Waals surface area contributed by atoms with E-state index in [1.807, 2.05) is 17.4 Å². The maximum atomic E-state index is 6.12. The fourth-order valence-electron chi connectivity index (χ4n) is 2.59. The second kappa shape index (κ2) is 6.61. The number of hydrogen-bond donors (Lipinski definition) is 1. The van der Waals surface area contributed by atoms with Gasteiger partial charge in [-0.1, -0.05) is 37.4 Å². The third kappa shape index (κ3) is 3.64. The van der Waals surface area contributed by atoms with Crippen LogP contribution in [0, 0.1) is 5.92 Å². The average Bonchev–Trinajstić information content (AvgIpc) is 2.92. The highest BCUT2D eigenvalue weighted by atomic mass is 35.5. The van der Waals surface area contributed by atoms with E-state index in [-0.39, 0.29) is 0 Å². The highest BCUT2D eigenvalue weighted by Crippen LogP contribution is 2.37. The van der Waals surface area contributed by atoms with Crippen LogP contribution in [0.2, 0.25) is 4.34 Å². The van der Waals surface area contributed by atoms with Gasteiger partial charge >= 0.3 is 0 Å². The summed E-state index contributed by atoms with van der Waals surface area (Å²) in [5.41, 5.74) is 0. The molecule has 0 spiro atoms.